The van der Waals surface area contributed by atoms with E-state index >= 15 is 0 Å². The van der Waals surface area contributed by atoms with E-state index in [0.29, 0.717) is 23.1 Å². The molecule has 2 rings (SSSR count). The van der Waals surface area contributed by atoms with Gasteiger partial charge in [0.25, 0.3) is 0 Å². The summed E-state index contributed by atoms with van der Waals surface area (Å²) in [6, 6.07) is 11.1. The van der Waals surface area contributed by atoms with Gasteiger partial charge in [-0.05, 0) is 30.2 Å². The lowest BCUT2D eigenvalue weighted by Crippen LogP contribution is -2.40. The minimum Gasteiger partial charge on any atom is -0.481 e. The number of carbonyl (C=O) groups is 1. The molecular formula is C19H29NO2S. The highest BCUT2D eigenvalue weighted by molar-refractivity contribution is 8.00. The van der Waals surface area contributed by atoms with Crippen LogP contribution in [0.4, 0.5) is 0 Å². The van der Waals surface area contributed by atoms with Crippen molar-refractivity contribution in [3.05, 3.63) is 35.9 Å². The Hall–Kier alpha value is -1.00. The van der Waals surface area contributed by atoms with Gasteiger partial charge in [0.1, 0.15) is 0 Å². The number of nitrogens with one attached hydrogen (secondary N) is 1. The molecule has 3 atom stereocenters. The Morgan fingerprint density at radius 3 is 2.61 bits per heavy atom. The van der Waals surface area contributed by atoms with Crippen LogP contribution in [0, 0.1) is 5.41 Å². The van der Waals surface area contributed by atoms with E-state index in [1.807, 2.05) is 18.2 Å². The molecule has 128 valence electrons. The molecular weight excluding hydrogens is 306 g/mol. The normalized spacial score (nSPS) is 22.9. The van der Waals surface area contributed by atoms with Crippen LogP contribution >= 0.6 is 11.8 Å². The largest absolute Gasteiger partial charge is 0.481 e. The van der Waals surface area contributed by atoms with E-state index in [-0.39, 0.29) is 12.5 Å². The number of rotatable bonds is 7. The first kappa shape index (κ1) is 18.3. The lowest BCUT2D eigenvalue weighted by Gasteiger charge is -2.27. The third-order valence-corrected chi connectivity index (χ3v) is 6.36. The first-order valence-electron chi connectivity index (χ1n) is 8.48. The summed E-state index contributed by atoms with van der Waals surface area (Å²) >= 11 is 2.05. The molecule has 3 unspecified atom stereocenters. The third kappa shape index (κ3) is 6.19. The van der Waals surface area contributed by atoms with Gasteiger partial charge >= 0.3 is 5.97 Å². The zero-order valence-corrected chi connectivity index (χ0v) is 15.2. The molecule has 1 aromatic carbocycles. The Bertz CT molecular complexity index is 498. The van der Waals surface area contributed by atoms with Gasteiger partial charge in [-0.2, -0.15) is 11.8 Å². The third-order valence-electron chi connectivity index (χ3n) is 4.47. The molecule has 3 nitrogen and oxygen atoms in total. The summed E-state index contributed by atoms with van der Waals surface area (Å²) in [6.07, 6.45) is 2.99. The summed E-state index contributed by atoms with van der Waals surface area (Å²) in [7, 11) is 0. The number of carboxylic acid groups (broad SMARTS) is 1. The van der Waals surface area contributed by atoms with Crippen LogP contribution in [-0.4, -0.2) is 34.2 Å². The molecule has 23 heavy (non-hydrogen) atoms. The SMILES string of the molecule is CC(C)(C)C1CC(NC(CCC(=O)O)Cc2ccccc2)CS1. The molecule has 0 amide bonds. The lowest BCUT2D eigenvalue weighted by molar-refractivity contribution is -0.137. The van der Waals surface area contributed by atoms with Crippen molar-refractivity contribution < 1.29 is 9.90 Å². The molecule has 1 saturated heterocycles. The van der Waals surface area contributed by atoms with E-state index in [4.69, 9.17) is 5.11 Å². The molecule has 0 saturated carbocycles. The predicted molar refractivity (Wildman–Crippen MR) is 98.0 cm³/mol. The minimum atomic E-state index is -0.710. The van der Waals surface area contributed by atoms with E-state index in [0.717, 1.165) is 12.2 Å². The fourth-order valence-corrected chi connectivity index (χ4v) is 4.69. The van der Waals surface area contributed by atoms with Gasteiger partial charge in [-0.1, -0.05) is 51.1 Å². The maximum absolute atomic E-state index is 10.9. The standard InChI is InChI=1S/C19H29NO2S/c1-19(2,3)17-12-16(13-23-17)20-15(9-10-18(21)22)11-14-7-5-4-6-8-14/h4-8,15-17,20H,9-13H2,1-3H3,(H,21,22). The Labute approximate surface area is 144 Å². The van der Waals surface area contributed by atoms with E-state index in [1.54, 1.807) is 0 Å². The Morgan fingerprint density at radius 2 is 2.04 bits per heavy atom. The van der Waals surface area contributed by atoms with Crippen molar-refractivity contribution in [3.8, 4) is 0 Å². The van der Waals surface area contributed by atoms with Gasteiger partial charge in [-0.25, -0.2) is 0 Å². The van der Waals surface area contributed by atoms with Crippen LogP contribution in [0.1, 0.15) is 45.6 Å². The summed E-state index contributed by atoms with van der Waals surface area (Å²) in [5.74, 6) is 0.415. The minimum absolute atomic E-state index is 0.229. The fourth-order valence-electron chi connectivity index (χ4n) is 3.12. The average Bonchev–Trinajstić information content (AvgIpc) is 2.94. The molecule has 1 aliphatic rings. The Balaban J connectivity index is 1.93. The summed E-state index contributed by atoms with van der Waals surface area (Å²) in [4.78, 5) is 10.9. The second-order valence-electron chi connectivity index (χ2n) is 7.61. The van der Waals surface area contributed by atoms with Crippen molar-refractivity contribution in [1.82, 2.24) is 5.32 Å². The highest BCUT2D eigenvalue weighted by Crippen LogP contribution is 2.39. The highest BCUT2D eigenvalue weighted by Gasteiger charge is 2.34. The Morgan fingerprint density at radius 1 is 1.35 bits per heavy atom. The number of aliphatic carboxylic acids is 1. The van der Waals surface area contributed by atoms with Crippen molar-refractivity contribution in [3.63, 3.8) is 0 Å². The molecule has 1 fully saturated rings. The first-order valence-corrected chi connectivity index (χ1v) is 9.53. The average molecular weight is 336 g/mol. The second-order valence-corrected chi connectivity index (χ2v) is 8.84. The number of hydrogen-bond acceptors (Lipinski definition) is 3. The monoisotopic (exact) mass is 335 g/mol. The number of hydrogen-bond donors (Lipinski definition) is 2. The van der Waals surface area contributed by atoms with Crippen LogP contribution < -0.4 is 5.32 Å². The number of thioether (sulfide) groups is 1. The number of benzene rings is 1. The molecule has 0 bridgehead atoms. The van der Waals surface area contributed by atoms with Crippen LogP contribution in [-0.2, 0) is 11.2 Å². The second kappa shape index (κ2) is 8.20. The van der Waals surface area contributed by atoms with Crippen molar-refractivity contribution in [2.75, 3.05) is 5.75 Å². The van der Waals surface area contributed by atoms with Crippen LogP contribution in [0.25, 0.3) is 0 Å². The maximum atomic E-state index is 10.9. The van der Waals surface area contributed by atoms with Crippen molar-refractivity contribution >= 4 is 17.7 Å². The van der Waals surface area contributed by atoms with Gasteiger partial charge in [-0.3, -0.25) is 4.79 Å². The lowest BCUT2D eigenvalue weighted by atomic mass is 9.88. The summed E-state index contributed by atoms with van der Waals surface area (Å²) in [5, 5.41) is 13.4. The van der Waals surface area contributed by atoms with Gasteiger partial charge in [0.05, 0.1) is 0 Å². The van der Waals surface area contributed by atoms with Gasteiger partial charge in [0.15, 0.2) is 0 Å². The first-order chi connectivity index (χ1) is 10.8. The van der Waals surface area contributed by atoms with E-state index in [2.05, 4.69) is 50.0 Å². The zero-order valence-electron chi connectivity index (χ0n) is 14.4. The molecule has 1 aliphatic heterocycles. The fraction of sp³-hybridized carbons (Fsp3) is 0.632. The number of carboxylic acids is 1. The summed E-state index contributed by atoms with van der Waals surface area (Å²) < 4.78 is 0. The summed E-state index contributed by atoms with van der Waals surface area (Å²) in [6.45, 7) is 6.91. The molecule has 1 aromatic rings. The highest BCUT2D eigenvalue weighted by atomic mass is 32.2. The molecule has 0 aromatic heterocycles. The quantitative estimate of drug-likeness (QED) is 0.791. The molecule has 0 spiro atoms. The topological polar surface area (TPSA) is 49.3 Å². The molecule has 4 heteroatoms. The van der Waals surface area contributed by atoms with Crippen LogP contribution in [0.3, 0.4) is 0 Å². The maximum Gasteiger partial charge on any atom is 0.303 e. The molecule has 0 radical (unpaired) electrons. The van der Waals surface area contributed by atoms with Crippen molar-refractivity contribution in [1.29, 1.82) is 0 Å². The smallest absolute Gasteiger partial charge is 0.303 e. The Kier molecular flexibility index (Phi) is 6.54. The van der Waals surface area contributed by atoms with Crippen molar-refractivity contribution in [2.45, 2.75) is 63.8 Å². The summed E-state index contributed by atoms with van der Waals surface area (Å²) in [5.41, 5.74) is 1.60. The molecule has 2 N–H and O–H groups in total. The van der Waals surface area contributed by atoms with Crippen molar-refractivity contribution in [2.24, 2.45) is 5.41 Å². The molecule has 0 aliphatic carbocycles. The van der Waals surface area contributed by atoms with Gasteiger partial charge in [0, 0.05) is 29.5 Å². The van der Waals surface area contributed by atoms with Gasteiger partial charge in [-0.15, -0.1) is 0 Å². The molecule has 1 heterocycles. The van der Waals surface area contributed by atoms with E-state index in [9.17, 15) is 4.79 Å². The van der Waals surface area contributed by atoms with Crippen LogP contribution in [0.2, 0.25) is 0 Å². The van der Waals surface area contributed by atoms with E-state index in [1.165, 1.54) is 12.0 Å². The van der Waals surface area contributed by atoms with Crippen LogP contribution in [0.15, 0.2) is 30.3 Å². The predicted octanol–water partition coefficient (Wildman–Crippen LogP) is 3.97. The van der Waals surface area contributed by atoms with Crippen LogP contribution in [0.5, 0.6) is 0 Å². The van der Waals surface area contributed by atoms with Gasteiger partial charge in [0.2, 0.25) is 0 Å². The van der Waals surface area contributed by atoms with E-state index < -0.39 is 5.97 Å². The zero-order chi connectivity index (χ0) is 16.9. The van der Waals surface area contributed by atoms with Gasteiger partial charge < -0.3 is 10.4 Å².